The molecule has 3 rings (SSSR count). The van der Waals surface area contributed by atoms with E-state index in [1.165, 1.54) is 12.1 Å². The highest BCUT2D eigenvalue weighted by Crippen LogP contribution is 2.35. The summed E-state index contributed by atoms with van der Waals surface area (Å²) in [5.41, 5.74) is 1.28. The number of nitrogens with zero attached hydrogens (tertiary/aromatic N) is 2. The quantitative estimate of drug-likeness (QED) is 0.717. The highest BCUT2D eigenvalue weighted by molar-refractivity contribution is 6.04. The Morgan fingerprint density at radius 2 is 2.00 bits per heavy atom. The predicted octanol–water partition coefficient (Wildman–Crippen LogP) is 4.38. The van der Waals surface area contributed by atoms with Crippen molar-refractivity contribution in [3.05, 3.63) is 64.2 Å². The molecule has 1 aliphatic rings. The molecular formula is C24H26F3N3O. The fourth-order valence-corrected chi connectivity index (χ4v) is 3.80. The molecule has 0 spiro atoms. The van der Waals surface area contributed by atoms with E-state index in [9.17, 15) is 18.0 Å². The number of amides is 1. The maximum atomic E-state index is 13.7. The first-order valence-electron chi connectivity index (χ1n) is 10.1. The number of carbonyl (C=O) groups excluding carboxylic acids is 1. The van der Waals surface area contributed by atoms with E-state index < -0.39 is 17.6 Å². The Balaban J connectivity index is 1.80. The Bertz CT molecular complexity index is 1010. The molecule has 1 amide bonds. The highest BCUT2D eigenvalue weighted by atomic mass is 19.4. The summed E-state index contributed by atoms with van der Waals surface area (Å²) in [7, 11) is 3.96. The van der Waals surface area contributed by atoms with E-state index in [2.05, 4.69) is 16.1 Å². The first kappa shape index (κ1) is 22.9. The van der Waals surface area contributed by atoms with Crippen molar-refractivity contribution < 1.29 is 18.0 Å². The molecule has 4 nitrogen and oxygen atoms in total. The van der Waals surface area contributed by atoms with Crippen LogP contribution in [-0.2, 0) is 12.7 Å². The highest BCUT2D eigenvalue weighted by Gasteiger charge is 2.35. The molecule has 7 heteroatoms. The zero-order valence-electron chi connectivity index (χ0n) is 17.9. The maximum Gasteiger partial charge on any atom is 0.416 e. The molecule has 2 aromatic rings. The molecular weight excluding hydrogens is 403 g/mol. The van der Waals surface area contributed by atoms with Crippen LogP contribution in [0.15, 0.2) is 36.4 Å². The van der Waals surface area contributed by atoms with Crippen molar-refractivity contribution in [2.24, 2.45) is 0 Å². The molecule has 1 saturated heterocycles. The molecule has 0 radical (unpaired) electrons. The Labute approximate surface area is 181 Å². The van der Waals surface area contributed by atoms with Crippen molar-refractivity contribution >= 4 is 11.6 Å². The summed E-state index contributed by atoms with van der Waals surface area (Å²) in [5.74, 6) is 1.99. The minimum atomic E-state index is -4.52. The fourth-order valence-electron chi connectivity index (χ4n) is 3.80. The number of nitrogens with one attached hydrogen (secondary N) is 1. The second-order valence-corrected chi connectivity index (χ2v) is 8.14. The van der Waals surface area contributed by atoms with Crippen LogP contribution in [0.1, 0.15) is 39.0 Å². The van der Waals surface area contributed by atoms with E-state index >= 15 is 0 Å². The number of rotatable bonds is 5. The van der Waals surface area contributed by atoms with Gasteiger partial charge < -0.3 is 10.2 Å². The van der Waals surface area contributed by atoms with Crippen molar-refractivity contribution in [1.29, 1.82) is 0 Å². The smallest absolute Gasteiger partial charge is 0.322 e. The Kier molecular flexibility index (Phi) is 6.73. The number of terminal acetylenes is 1. The first-order chi connectivity index (χ1) is 14.6. The summed E-state index contributed by atoms with van der Waals surface area (Å²) < 4.78 is 41.2. The normalized spacial score (nSPS) is 17.0. The number of alkyl halides is 3. The van der Waals surface area contributed by atoms with E-state index in [4.69, 9.17) is 6.42 Å². The number of likely N-dealkylation sites (tertiary alicyclic amines) is 1. The van der Waals surface area contributed by atoms with Crippen LogP contribution < -0.4 is 5.32 Å². The zero-order valence-corrected chi connectivity index (χ0v) is 17.9. The van der Waals surface area contributed by atoms with Crippen LogP contribution in [0.2, 0.25) is 0 Å². The average molecular weight is 429 g/mol. The summed E-state index contributed by atoms with van der Waals surface area (Å²) in [6.45, 7) is 3.53. The van der Waals surface area contributed by atoms with Gasteiger partial charge in [-0.3, -0.25) is 9.69 Å². The molecule has 164 valence electrons. The number of hydrogen-bond donors (Lipinski definition) is 1. The van der Waals surface area contributed by atoms with Gasteiger partial charge in [0, 0.05) is 42.5 Å². The largest absolute Gasteiger partial charge is 0.416 e. The number of likely N-dealkylation sites (N-methyl/N-ethyl adjacent to an activating group) is 1. The van der Waals surface area contributed by atoms with E-state index in [-0.39, 0.29) is 17.8 Å². The summed E-state index contributed by atoms with van der Waals surface area (Å²) in [4.78, 5) is 16.7. The van der Waals surface area contributed by atoms with Crippen molar-refractivity contribution in [2.75, 3.05) is 32.5 Å². The molecule has 1 fully saturated rings. The summed E-state index contributed by atoms with van der Waals surface area (Å²) in [5, 5.41) is 2.56. The molecule has 0 saturated carbocycles. The molecule has 1 atom stereocenters. The van der Waals surface area contributed by atoms with E-state index in [1.54, 1.807) is 18.2 Å². The lowest BCUT2D eigenvalue weighted by atomic mass is 10.0. The van der Waals surface area contributed by atoms with Gasteiger partial charge in [-0.05, 0) is 62.8 Å². The topological polar surface area (TPSA) is 35.6 Å². The SMILES string of the molecule is C#Cc1cc(C(=O)Nc2ccc(CN3CC[C@@H](N(C)C)C3)c(C(F)(F)F)c2)ccc1C. The van der Waals surface area contributed by atoms with Crippen molar-refractivity contribution in [2.45, 2.75) is 32.1 Å². The lowest BCUT2D eigenvalue weighted by molar-refractivity contribution is -0.138. The Hall–Kier alpha value is -2.82. The number of aryl methyl sites for hydroxylation is 1. The van der Waals surface area contributed by atoms with Crippen LogP contribution in [0.25, 0.3) is 0 Å². The summed E-state index contributed by atoms with van der Waals surface area (Å²) in [6, 6.07) is 9.17. The van der Waals surface area contributed by atoms with Crippen LogP contribution >= 0.6 is 0 Å². The molecule has 1 heterocycles. The van der Waals surface area contributed by atoms with E-state index in [0.29, 0.717) is 17.2 Å². The van der Waals surface area contributed by atoms with Gasteiger partial charge in [-0.2, -0.15) is 13.2 Å². The van der Waals surface area contributed by atoms with Gasteiger partial charge in [-0.1, -0.05) is 18.1 Å². The minimum absolute atomic E-state index is 0.0940. The van der Waals surface area contributed by atoms with E-state index in [1.807, 2.05) is 25.9 Å². The molecule has 0 bridgehead atoms. The fraction of sp³-hybridized carbons (Fsp3) is 0.375. The number of carbonyl (C=O) groups is 1. The Morgan fingerprint density at radius 1 is 1.26 bits per heavy atom. The monoisotopic (exact) mass is 429 g/mol. The van der Waals surface area contributed by atoms with Gasteiger partial charge in [-0.25, -0.2) is 0 Å². The summed E-state index contributed by atoms with van der Waals surface area (Å²) in [6.07, 6.45) is 1.85. The molecule has 0 aromatic heterocycles. The standard InChI is InChI=1S/C24H26F3N3O/c1-5-17-12-18(7-6-16(17)2)23(31)28-20-9-8-19(22(13-20)24(25,26)27)14-30-11-10-21(15-30)29(3)4/h1,6-9,12-13,21H,10-11,14-15H2,2-4H3,(H,28,31)/t21-/m1/s1. The molecule has 31 heavy (non-hydrogen) atoms. The second kappa shape index (κ2) is 9.13. The van der Waals surface area contributed by atoms with E-state index in [0.717, 1.165) is 31.1 Å². The van der Waals surface area contributed by atoms with Crippen LogP contribution in [0, 0.1) is 19.3 Å². The van der Waals surface area contributed by atoms with Gasteiger partial charge in [0.1, 0.15) is 0 Å². The third kappa shape index (κ3) is 5.46. The van der Waals surface area contributed by atoms with Gasteiger partial charge >= 0.3 is 6.18 Å². The number of halogens is 3. The lowest BCUT2D eigenvalue weighted by Crippen LogP contribution is -2.31. The average Bonchev–Trinajstić information content (AvgIpc) is 3.17. The molecule has 1 aliphatic heterocycles. The summed E-state index contributed by atoms with van der Waals surface area (Å²) >= 11 is 0. The van der Waals surface area contributed by atoms with Gasteiger partial charge in [-0.15, -0.1) is 6.42 Å². The van der Waals surface area contributed by atoms with Crippen molar-refractivity contribution in [3.63, 3.8) is 0 Å². The minimum Gasteiger partial charge on any atom is -0.322 e. The third-order valence-electron chi connectivity index (χ3n) is 5.70. The maximum absolute atomic E-state index is 13.7. The van der Waals surface area contributed by atoms with Crippen LogP contribution in [0.5, 0.6) is 0 Å². The molecule has 0 aliphatic carbocycles. The van der Waals surface area contributed by atoms with Crippen molar-refractivity contribution in [3.8, 4) is 12.3 Å². The van der Waals surface area contributed by atoms with Gasteiger partial charge in [0.05, 0.1) is 5.56 Å². The number of benzene rings is 2. The Morgan fingerprint density at radius 3 is 2.61 bits per heavy atom. The molecule has 2 aromatic carbocycles. The van der Waals surface area contributed by atoms with Crippen LogP contribution in [-0.4, -0.2) is 48.9 Å². The lowest BCUT2D eigenvalue weighted by Gasteiger charge is -2.22. The first-order valence-corrected chi connectivity index (χ1v) is 10.1. The zero-order chi connectivity index (χ0) is 22.8. The molecule has 1 N–H and O–H groups in total. The van der Waals surface area contributed by atoms with Gasteiger partial charge in [0.15, 0.2) is 0 Å². The van der Waals surface area contributed by atoms with Gasteiger partial charge in [0.25, 0.3) is 5.91 Å². The predicted molar refractivity (Wildman–Crippen MR) is 116 cm³/mol. The van der Waals surface area contributed by atoms with Crippen LogP contribution in [0.3, 0.4) is 0 Å². The number of hydrogen-bond acceptors (Lipinski definition) is 3. The molecule has 0 unspecified atom stereocenters. The van der Waals surface area contributed by atoms with Crippen LogP contribution in [0.4, 0.5) is 18.9 Å². The van der Waals surface area contributed by atoms with Gasteiger partial charge in [0.2, 0.25) is 0 Å². The number of anilines is 1. The van der Waals surface area contributed by atoms with Crippen molar-refractivity contribution in [1.82, 2.24) is 9.80 Å². The third-order valence-corrected chi connectivity index (χ3v) is 5.70. The second-order valence-electron chi connectivity index (χ2n) is 8.14.